The highest BCUT2D eigenvalue weighted by Crippen LogP contribution is 2.35. The van der Waals surface area contributed by atoms with E-state index in [-0.39, 0.29) is 32.5 Å². The number of nitrogens with zero attached hydrogens (tertiary/aromatic N) is 1. The molecular weight excluding hydrogens is 330 g/mol. The number of alkyl halides is 3. The lowest BCUT2D eigenvalue weighted by molar-refractivity contribution is -0.165. The number of hydrogen-bond donors (Lipinski definition) is 2. The molecule has 0 aliphatic carbocycles. The van der Waals surface area contributed by atoms with Crippen molar-refractivity contribution in [3.05, 3.63) is 35.6 Å². The van der Waals surface area contributed by atoms with Crippen molar-refractivity contribution >= 4 is 5.97 Å². The molecule has 2 rings (SSSR count). The molecule has 24 heavy (non-hydrogen) atoms. The third-order valence-electron chi connectivity index (χ3n) is 4.41. The first kappa shape index (κ1) is 18.7. The van der Waals surface area contributed by atoms with Crippen LogP contribution in [0, 0.1) is 11.2 Å². The van der Waals surface area contributed by atoms with E-state index < -0.39 is 35.9 Å². The number of aliphatic hydroxyl groups excluding tert-OH is 1. The van der Waals surface area contributed by atoms with Crippen LogP contribution in [0.3, 0.4) is 0 Å². The van der Waals surface area contributed by atoms with E-state index in [1.807, 2.05) is 0 Å². The third kappa shape index (κ3) is 4.45. The number of likely N-dealkylation sites (tertiary alicyclic amines) is 1. The SMILES string of the molecule is O=C(O)[C@]1(Cc2cccc(F)c2)CN(CCC(F)(F)F)CC[C@@H]1O. The van der Waals surface area contributed by atoms with Crippen LogP contribution in [0.1, 0.15) is 18.4 Å². The summed E-state index contributed by atoms with van der Waals surface area (Å²) in [6, 6.07) is 5.35. The van der Waals surface area contributed by atoms with Crippen molar-refractivity contribution in [2.24, 2.45) is 5.41 Å². The first-order chi connectivity index (χ1) is 11.1. The number of piperidine rings is 1. The van der Waals surface area contributed by atoms with Crippen LogP contribution >= 0.6 is 0 Å². The molecule has 8 heteroatoms. The minimum Gasteiger partial charge on any atom is -0.481 e. The van der Waals surface area contributed by atoms with Gasteiger partial charge in [-0.1, -0.05) is 12.1 Å². The van der Waals surface area contributed by atoms with Gasteiger partial charge in [-0.15, -0.1) is 0 Å². The monoisotopic (exact) mass is 349 g/mol. The first-order valence-electron chi connectivity index (χ1n) is 7.57. The minimum absolute atomic E-state index is 0.0550. The Morgan fingerprint density at radius 3 is 2.67 bits per heavy atom. The number of carbonyl (C=O) groups is 1. The summed E-state index contributed by atoms with van der Waals surface area (Å²) in [6.45, 7) is -0.347. The van der Waals surface area contributed by atoms with E-state index in [1.165, 1.54) is 29.2 Å². The molecule has 1 aromatic carbocycles. The van der Waals surface area contributed by atoms with Crippen molar-refractivity contribution in [2.75, 3.05) is 19.6 Å². The summed E-state index contributed by atoms with van der Waals surface area (Å²) < 4.78 is 50.5. The van der Waals surface area contributed by atoms with Gasteiger partial charge < -0.3 is 15.1 Å². The van der Waals surface area contributed by atoms with Crippen LogP contribution in [0.2, 0.25) is 0 Å². The lowest BCUT2D eigenvalue weighted by Gasteiger charge is -2.43. The number of carboxylic acids is 1. The molecule has 0 spiro atoms. The topological polar surface area (TPSA) is 60.8 Å². The summed E-state index contributed by atoms with van der Waals surface area (Å²) in [5, 5.41) is 19.9. The van der Waals surface area contributed by atoms with E-state index in [2.05, 4.69) is 0 Å². The van der Waals surface area contributed by atoms with Crippen LogP contribution < -0.4 is 0 Å². The molecule has 1 heterocycles. The third-order valence-corrected chi connectivity index (χ3v) is 4.41. The van der Waals surface area contributed by atoms with Crippen LogP contribution in [0.4, 0.5) is 17.6 Å². The number of carboxylic acid groups (broad SMARTS) is 1. The smallest absolute Gasteiger partial charge is 0.390 e. The highest BCUT2D eigenvalue weighted by molar-refractivity contribution is 5.76. The van der Waals surface area contributed by atoms with Crippen LogP contribution in [0.25, 0.3) is 0 Å². The average Bonchev–Trinajstić information content (AvgIpc) is 2.47. The molecule has 2 atom stereocenters. The van der Waals surface area contributed by atoms with Crippen molar-refractivity contribution in [2.45, 2.75) is 31.5 Å². The maximum atomic E-state index is 13.3. The summed E-state index contributed by atoms with van der Waals surface area (Å²) in [5.41, 5.74) is -1.27. The predicted octanol–water partition coefficient (Wildman–Crippen LogP) is 2.46. The van der Waals surface area contributed by atoms with Gasteiger partial charge in [0.25, 0.3) is 0 Å². The van der Waals surface area contributed by atoms with Gasteiger partial charge in [0.1, 0.15) is 11.2 Å². The Labute approximate surface area is 136 Å². The number of halogens is 4. The Balaban J connectivity index is 2.20. The van der Waals surface area contributed by atoms with Gasteiger partial charge in [0.15, 0.2) is 0 Å². The van der Waals surface area contributed by atoms with E-state index in [0.29, 0.717) is 5.56 Å². The number of hydrogen-bond acceptors (Lipinski definition) is 3. The summed E-state index contributed by atoms with van der Waals surface area (Å²) in [7, 11) is 0. The Kier molecular flexibility index (Phi) is 5.49. The molecule has 2 N–H and O–H groups in total. The molecule has 1 aromatic rings. The van der Waals surface area contributed by atoms with Crippen LogP contribution in [-0.2, 0) is 11.2 Å². The fourth-order valence-electron chi connectivity index (χ4n) is 3.11. The highest BCUT2D eigenvalue weighted by Gasteiger charge is 2.49. The largest absolute Gasteiger partial charge is 0.481 e. The van der Waals surface area contributed by atoms with Crippen molar-refractivity contribution in [3.8, 4) is 0 Å². The molecule has 1 aliphatic rings. The van der Waals surface area contributed by atoms with Gasteiger partial charge in [-0.25, -0.2) is 4.39 Å². The van der Waals surface area contributed by atoms with Crippen molar-refractivity contribution in [1.82, 2.24) is 4.90 Å². The summed E-state index contributed by atoms with van der Waals surface area (Å²) >= 11 is 0. The van der Waals surface area contributed by atoms with Crippen molar-refractivity contribution in [1.29, 1.82) is 0 Å². The number of aliphatic hydroxyl groups is 1. The molecule has 1 fully saturated rings. The van der Waals surface area contributed by atoms with E-state index in [9.17, 15) is 32.6 Å². The van der Waals surface area contributed by atoms with Gasteiger partial charge in [-0.3, -0.25) is 4.79 Å². The molecule has 0 amide bonds. The van der Waals surface area contributed by atoms with Crippen LogP contribution in [0.15, 0.2) is 24.3 Å². The van der Waals surface area contributed by atoms with Gasteiger partial charge in [-0.05, 0) is 30.5 Å². The van der Waals surface area contributed by atoms with Gasteiger partial charge >= 0.3 is 12.1 Å². The number of benzene rings is 1. The average molecular weight is 349 g/mol. The molecule has 0 unspecified atom stereocenters. The molecule has 1 saturated heterocycles. The Morgan fingerprint density at radius 2 is 2.08 bits per heavy atom. The fourth-order valence-corrected chi connectivity index (χ4v) is 3.11. The Bertz CT molecular complexity index is 593. The second kappa shape index (κ2) is 7.06. The number of aliphatic carboxylic acids is 1. The molecule has 4 nitrogen and oxygen atoms in total. The van der Waals surface area contributed by atoms with E-state index >= 15 is 0 Å². The quantitative estimate of drug-likeness (QED) is 0.802. The molecule has 0 saturated carbocycles. The van der Waals surface area contributed by atoms with Gasteiger partial charge in [0.2, 0.25) is 0 Å². The molecule has 0 bridgehead atoms. The zero-order valence-electron chi connectivity index (χ0n) is 12.9. The minimum atomic E-state index is -4.33. The Hall–Kier alpha value is -1.67. The molecule has 0 aromatic heterocycles. The van der Waals surface area contributed by atoms with E-state index in [0.717, 1.165) is 0 Å². The summed E-state index contributed by atoms with van der Waals surface area (Å²) in [4.78, 5) is 13.2. The maximum absolute atomic E-state index is 13.3. The normalized spacial score (nSPS) is 25.6. The number of rotatable bonds is 5. The molecule has 134 valence electrons. The predicted molar refractivity (Wildman–Crippen MR) is 77.9 cm³/mol. The van der Waals surface area contributed by atoms with Crippen molar-refractivity contribution < 1.29 is 32.6 Å². The zero-order chi connectivity index (χ0) is 18.0. The fraction of sp³-hybridized carbons (Fsp3) is 0.562. The summed E-state index contributed by atoms with van der Waals surface area (Å²) in [5.74, 6) is -1.83. The van der Waals surface area contributed by atoms with E-state index in [1.54, 1.807) is 0 Å². The molecule has 0 radical (unpaired) electrons. The van der Waals surface area contributed by atoms with Gasteiger partial charge in [-0.2, -0.15) is 13.2 Å². The lowest BCUT2D eigenvalue weighted by Crippen LogP contribution is -2.57. The van der Waals surface area contributed by atoms with Gasteiger partial charge in [0, 0.05) is 19.6 Å². The zero-order valence-corrected chi connectivity index (χ0v) is 12.9. The maximum Gasteiger partial charge on any atom is 0.390 e. The summed E-state index contributed by atoms with van der Waals surface area (Å²) in [6.07, 6.45) is -6.67. The van der Waals surface area contributed by atoms with Crippen LogP contribution in [-0.4, -0.2) is 53.0 Å². The Morgan fingerprint density at radius 1 is 1.38 bits per heavy atom. The lowest BCUT2D eigenvalue weighted by atomic mass is 9.73. The van der Waals surface area contributed by atoms with E-state index in [4.69, 9.17) is 0 Å². The van der Waals surface area contributed by atoms with Crippen molar-refractivity contribution in [3.63, 3.8) is 0 Å². The molecule has 1 aliphatic heterocycles. The first-order valence-corrected chi connectivity index (χ1v) is 7.57. The second-order valence-electron chi connectivity index (χ2n) is 6.21. The van der Waals surface area contributed by atoms with Gasteiger partial charge in [0.05, 0.1) is 12.5 Å². The van der Waals surface area contributed by atoms with Crippen LogP contribution in [0.5, 0.6) is 0 Å². The molecular formula is C16H19F4NO3. The second-order valence-corrected chi connectivity index (χ2v) is 6.21. The highest BCUT2D eigenvalue weighted by atomic mass is 19.4. The standard InChI is InChI=1S/C16H19F4NO3/c17-12-3-1-2-11(8-12)9-15(14(23)24)10-21(6-4-13(15)22)7-5-16(18,19)20/h1-3,8,13,22H,4-7,9-10H2,(H,23,24)/t13-,15+/m0/s1.